The normalized spacial score (nSPS) is 17.5. The van der Waals surface area contributed by atoms with E-state index in [9.17, 15) is 14.0 Å². The predicted octanol–water partition coefficient (Wildman–Crippen LogP) is 1.26. The minimum absolute atomic E-state index is 0.00458. The van der Waals surface area contributed by atoms with E-state index in [0.29, 0.717) is 32.7 Å². The molecule has 1 amide bonds. The first-order chi connectivity index (χ1) is 13.1. The summed E-state index contributed by atoms with van der Waals surface area (Å²) in [5.41, 5.74) is 0.780. The molecular weight excluding hydrogens is 349 g/mol. The van der Waals surface area contributed by atoms with Crippen LogP contribution in [0, 0.1) is 5.82 Å². The number of halogens is 1. The quantitative estimate of drug-likeness (QED) is 0.813. The van der Waals surface area contributed by atoms with Crippen LogP contribution in [-0.4, -0.2) is 51.3 Å². The van der Waals surface area contributed by atoms with E-state index in [1.165, 1.54) is 16.8 Å². The summed E-state index contributed by atoms with van der Waals surface area (Å²) in [5.74, 6) is 0.465. The number of aryl methyl sites for hydroxylation is 1. The molecule has 7 nitrogen and oxygen atoms in total. The van der Waals surface area contributed by atoms with Gasteiger partial charge in [-0.1, -0.05) is 6.42 Å². The molecule has 0 saturated carbocycles. The van der Waals surface area contributed by atoms with E-state index in [1.54, 1.807) is 21.6 Å². The molecule has 0 bridgehead atoms. The molecule has 0 N–H and O–H groups in total. The van der Waals surface area contributed by atoms with Crippen LogP contribution in [0.4, 0.5) is 10.1 Å². The second-order valence-corrected chi connectivity index (χ2v) is 7.16. The number of hydrogen-bond acceptors (Lipinski definition) is 4. The first kappa shape index (κ1) is 17.8. The van der Waals surface area contributed by atoms with Gasteiger partial charge in [0, 0.05) is 44.8 Å². The molecule has 0 aliphatic carbocycles. The van der Waals surface area contributed by atoms with Crippen LogP contribution >= 0.6 is 0 Å². The maximum atomic E-state index is 13.1. The summed E-state index contributed by atoms with van der Waals surface area (Å²) in [4.78, 5) is 29.0. The van der Waals surface area contributed by atoms with Gasteiger partial charge >= 0.3 is 5.69 Å². The Labute approximate surface area is 157 Å². The highest BCUT2D eigenvalue weighted by Crippen LogP contribution is 2.17. The highest BCUT2D eigenvalue weighted by molar-refractivity contribution is 5.76. The third-order valence-electron chi connectivity index (χ3n) is 5.39. The fraction of sp³-hybridized carbons (Fsp3) is 0.526. The first-order valence-electron chi connectivity index (χ1n) is 9.56. The number of piperazine rings is 1. The molecule has 0 unspecified atom stereocenters. The van der Waals surface area contributed by atoms with Crippen molar-refractivity contribution >= 4 is 11.6 Å². The van der Waals surface area contributed by atoms with Crippen LogP contribution in [0.5, 0.6) is 0 Å². The first-order valence-corrected chi connectivity index (χ1v) is 9.56. The molecule has 144 valence electrons. The number of nitrogens with zero attached hydrogens (tertiary/aromatic N) is 5. The predicted molar refractivity (Wildman–Crippen MR) is 99.2 cm³/mol. The lowest BCUT2D eigenvalue weighted by molar-refractivity contribution is -0.132. The highest BCUT2D eigenvalue weighted by atomic mass is 19.1. The van der Waals surface area contributed by atoms with E-state index in [1.807, 2.05) is 0 Å². The lowest BCUT2D eigenvalue weighted by Gasteiger charge is -2.36. The molecule has 27 heavy (non-hydrogen) atoms. The SMILES string of the molecule is O=C(Cn1nc2n(c1=O)CCCCC2)N1CCN(c2ccc(F)cc2)CC1. The number of amides is 1. The summed E-state index contributed by atoms with van der Waals surface area (Å²) in [6, 6.07) is 6.40. The van der Waals surface area contributed by atoms with Crippen LogP contribution in [0.2, 0.25) is 0 Å². The van der Waals surface area contributed by atoms with Crippen molar-refractivity contribution in [2.75, 3.05) is 31.1 Å². The van der Waals surface area contributed by atoms with E-state index in [-0.39, 0.29) is 24.0 Å². The standard InChI is InChI=1S/C19H24FN5O2/c20-15-5-7-16(8-6-15)22-10-12-23(13-11-22)18(26)14-25-19(27)24-9-3-1-2-4-17(24)21-25/h5-8H,1-4,9-14H2. The van der Waals surface area contributed by atoms with Crippen LogP contribution in [0.25, 0.3) is 0 Å². The van der Waals surface area contributed by atoms with Gasteiger partial charge in [0.2, 0.25) is 5.91 Å². The summed E-state index contributed by atoms with van der Waals surface area (Å²) < 4.78 is 16.1. The number of hydrogen-bond donors (Lipinski definition) is 0. The molecule has 3 heterocycles. The Hall–Kier alpha value is -2.64. The van der Waals surface area contributed by atoms with Gasteiger partial charge in [-0.2, -0.15) is 5.10 Å². The number of fused-ring (bicyclic) bond motifs is 1. The maximum absolute atomic E-state index is 13.1. The number of aromatic nitrogens is 3. The fourth-order valence-electron chi connectivity index (χ4n) is 3.82. The van der Waals surface area contributed by atoms with E-state index >= 15 is 0 Å². The van der Waals surface area contributed by atoms with Gasteiger partial charge in [-0.15, -0.1) is 0 Å². The van der Waals surface area contributed by atoms with Gasteiger partial charge in [0.1, 0.15) is 18.2 Å². The van der Waals surface area contributed by atoms with Crippen molar-refractivity contribution in [3.63, 3.8) is 0 Å². The minimum Gasteiger partial charge on any atom is -0.368 e. The molecule has 1 fully saturated rings. The van der Waals surface area contributed by atoms with E-state index in [4.69, 9.17) is 0 Å². The van der Waals surface area contributed by atoms with Crippen molar-refractivity contribution in [2.45, 2.75) is 38.8 Å². The van der Waals surface area contributed by atoms with Crippen molar-refractivity contribution in [1.82, 2.24) is 19.2 Å². The van der Waals surface area contributed by atoms with Crippen molar-refractivity contribution in [3.05, 3.63) is 46.4 Å². The zero-order valence-electron chi connectivity index (χ0n) is 15.3. The Bertz CT molecular complexity index is 865. The molecule has 2 aromatic rings. The lowest BCUT2D eigenvalue weighted by atomic mass is 10.2. The van der Waals surface area contributed by atoms with Crippen molar-refractivity contribution < 1.29 is 9.18 Å². The van der Waals surface area contributed by atoms with Crippen LogP contribution < -0.4 is 10.6 Å². The van der Waals surface area contributed by atoms with Crippen LogP contribution in [0.3, 0.4) is 0 Å². The van der Waals surface area contributed by atoms with E-state index in [0.717, 1.165) is 37.2 Å². The van der Waals surface area contributed by atoms with Crippen molar-refractivity contribution in [2.24, 2.45) is 0 Å². The molecule has 1 aromatic heterocycles. The summed E-state index contributed by atoms with van der Waals surface area (Å²) in [5, 5.41) is 4.39. The molecule has 2 aliphatic heterocycles. The molecule has 4 rings (SSSR count). The number of rotatable bonds is 3. The van der Waals surface area contributed by atoms with Gasteiger partial charge < -0.3 is 9.80 Å². The monoisotopic (exact) mass is 373 g/mol. The van der Waals surface area contributed by atoms with E-state index < -0.39 is 0 Å². The van der Waals surface area contributed by atoms with Crippen molar-refractivity contribution in [1.29, 1.82) is 0 Å². The minimum atomic E-state index is -0.253. The zero-order chi connectivity index (χ0) is 18.8. The molecule has 1 saturated heterocycles. The number of carbonyl (C=O) groups excluding carboxylic acids is 1. The third kappa shape index (κ3) is 3.74. The smallest absolute Gasteiger partial charge is 0.346 e. The molecule has 0 atom stereocenters. The molecule has 0 spiro atoms. The number of carbonyl (C=O) groups is 1. The van der Waals surface area contributed by atoms with Gasteiger partial charge in [0.05, 0.1) is 0 Å². The van der Waals surface area contributed by atoms with E-state index in [2.05, 4.69) is 10.00 Å². The van der Waals surface area contributed by atoms with Gasteiger partial charge in [0.25, 0.3) is 0 Å². The van der Waals surface area contributed by atoms with Crippen LogP contribution in [0.1, 0.15) is 25.1 Å². The molecular formula is C19H24FN5O2. The fourth-order valence-corrected chi connectivity index (χ4v) is 3.82. The summed E-state index contributed by atoms with van der Waals surface area (Å²) in [6.07, 6.45) is 3.93. The van der Waals surface area contributed by atoms with Crippen LogP contribution in [-0.2, 0) is 24.3 Å². The average Bonchev–Trinajstić information content (AvgIpc) is 2.85. The Morgan fingerprint density at radius 3 is 2.48 bits per heavy atom. The highest BCUT2D eigenvalue weighted by Gasteiger charge is 2.24. The number of anilines is 1. The summed E-state index contributed by atoms with van der Waals surface area (Å²) in [7, 11) is 0. The second-order valence-electron chi connectivity index (χ2n) is 7.16. The molecule has 0 radical (unpaired) electrons. The zero-order valence-corrected chi connectivity index (χ0v) is 15.3. The second kappa shape index (κ2) is 7.54. The van der Waals surface area contributed by atoms with Gasteiger partial charge in [-0.3, -0.25) is 9.36 Å². The number of benzene rings is 1. The largest absolute Gasteiger partial charge is 0.368 e. The Morgan fingerprint density at radius 1 is 1.00 bits per heavy atom. The van der Waals surface area contributed by atoms with Gasteiger partial charge in [-0.25, -0.2) is 13.9 Å². The molecule has 2 aliphatic rings. The average molecular weight is 373 g/mol. The third-order valence-corrected chi connectivity index (χ3v) is 5.39. The summed E-state index contributed by atoms with van der Waals surface area (Å²) in [6.45, 7) is 3.23. The van der Waals surface area contributed by atoms with Crippen LogP contribution in [0.15, 0.2) is 29.1 Å². The maximum Gasteiger partial charge on any atom is 0.346 e. The Morgan fingerprint density at radius 2 is 1.74 bits per heavy atom. The Balaban J connectivity index is 1.37. The summed E-state index contributed by atoms with van der Waals surface area (Å²) >= 11 is 0. The van der Waals surface area contributed by atoms with Gasteiger partial charge in [0.15, 0.2) is 0 Å². The van der Waals surface area contributed by atoms with Crippen molar-refractivity contribution in [3.8, 4) is 0 Å². The van der Waals surface area contributed by atoms with Gasteiger partial charge in [-0.05, 0) is 37.1 Å². The Kier molecular flexibility index (Phi) is 4.96. The molecule has 8 heteroatoms. The molecule has 1 aromatic carbocycles. The topological polar surface area (TPSA) is 63.4 Å². The lowest BCUT2D eigenvalue weighted by Crippen LogP contribution is -2.50.